The van der Waals surface area contributed by atoms with Crippen LogP contribution in [0.1, 0.15) is 34.5 Å². The summed E-state index contributed by atoms with van der Waals surface area (Å²) in [6.07, 6.45) is 0. The first-order valence-electron chi connectivity index (χ1n) is 7.13. The third-order valence-electron chi connectivity index (χ3n) is 3.51. The maximum absolute atomic E-state index is 12.2. The van der Waals surface area contributed by atoms with Gasteiger partial charge in [0.15, 0.2) is 0 Å². The summed E-state index contributed by atoms with van der Waals surface area (Å²) in [5.41, 5.74) is 4.01. The first kappa shape index (κ1) is 15.1. The molecule has 0 spiro atoms. The van der Waals surface area contributed by atoms with Crippen LogP contribution in [0, 0.1) is 6.92 Å². The van der Waals surface area contributed by atoms with Crippen LogP contribution < -0.4 is 5.32 Å². The predicted octanol–water partition coefficient (Wildman–Crippen LogP) is 3.87. The average molecular weight is 282 g/mol. The lowest BCUT2D eigenvalue weighted by Gasteiger charge is -2.20. The van der Waals surface area contributed by atoms with E-state index in [0.29, 0.717) is 5.56 Å². The molecule has 0 saturated carbocycles. The molecule has 0 saturated heterocycles. The van der Waals surface area contributed by atoms with Gasteiger partial charge in [-0.1, -0.05) is 42.0 Å². The highest BCUT2D eigenvalue weighted by atomic mass is 16.2. The van der Waals surface area contributed by atoms with Crippen LogP contribution in [-0.2, 0) is 0 Å². The number of para-hydroxylation sites is 1. The summed E-state index contributed by atoms with van der Waals surface area (Å²) in [5.74, 6) is 0.00852. The summed E-state index contributed by atoms with van der Waals surface area (Å²) in [5, 5.41) is 3.43. The average Bonchev–Trinajstić information content (AvgIpc) is 2.47. The second-order valence-electron chi connectivity index (χ2n) is 5.52. The van der Waals surface area contributed by atoms with Gasteiger partial charge in [-0.15, -0.1) is 0 Å². The first-order valence-corrected chi connectivity index (χ1v) is 7.13. The minimum Gasteiger partial charge on any atom is -0.378 e. The first-order chi connectivity index (χ1) is 9.99. The van der Waals surface area contributed by atoms with Crippen LogP contribution in [0.15, 0.2) is 48.5 Å². The van der Waals surface area contributed by atoms with Gasteiger partial charge in [-0.2, -0.15) is 0 Å². The molecule has 3 nitrogen and oxygen atoms in total. The minimum absolute atomic E-state index is 0.00852. The van der Waals surface area contributed by atoms with Crippen molar-refractivity contribution < 1.29 is 4.79 Å². The van der Waals surface area contributed by atoms with E-state index in [2.05, 4.69) is 43.4 Å². The highest BCUT2D eigenvalue weighted by molar-refractivity contribution is 5.99. The Hall–Kier alpha value is -2.29. The molecule has 1 unspecified atom stereocenters. The van der Waals surface area contributed by atoms with Gasteiger partial charge in [-0.3, -0.25) is 4.79 Å². The zero-order valence-electron chi connectivity index (χ0n) is 13.1. The van der Waals surface area contributed by atoms with Gasteiger partial charge in [0, 0.05) is 25.8 Å². The number of hydrogen-bond acceptors (Lipinski definition) is 2. The Labute approximate surface area is 126 Å². The summed E-state index contributed by atoms with van der Waals surface area (Å²) >= 11 is 0. The van der Waals surface area contributed by atoms with Crippen LogP contribution in [0.25, 0.3) is 0 Å². The quantitative estimate of drug-likeness (QED) is 0.923. The van der Waals surface area contributed by atoms with E-state index in [4.69, 9.17) is 0 Å². The van der Waals surface area contributed by atoms with Gasteiger partial charge in [-0.05, 0) is 31.5 Å². The fraction of sp³-hybridized carbons (Fsp3) is 0.278. The normalized spacial score (nSPS) is 11.8. The van der Waals surface area contributed by atoms with Gasteiger partial charge in [0.25, 0.3) is 5.91 Å². The topological polar surface area (TPSA) is 32.3 Å². The van der Waals surface area contributed by atoms with E-state index in [1.165, 1.54) is 11.1 Å². The fourth-order valence-corrected chi connectivity index (χ4v) is 2.21. The second kappa shape index (κ2) is 6.44. The number of carbonyl (C=O) groups excluding carboxylic acids is 1. The molecular weight excluding hydrogens is 260 g/mol. The minimum atomic E-state index is 0.00852. The monoisotopic (exact) mass is 282 g/mol. The van der Waals surface area contributed by atoms with Crippen molar-refractivity contribution in [2.75, 3.05) is 19.4 Å². The SMILES string of the molecule is Cc1ccc(C(C)Nc2ccccc2C(=O)N(C)C)cc1. The maximum Gasteiger partial charge on any atom is 0.255 e. The lowest BCUT2D eigenvalue weighted by atomic mass is 10.1. The number of nitrogens with zero attached hydrogens (tertiary/aromatic N) is 1. The molecule has 0 heterocycles. The number of anilines is 1. The molecule has 0 aliphatic rings. The molecule has 2 rings (SSSR count). The van der Waals surface area contributed by atoms with E-state index < -0.39 is 0 Å². The molecule has 0 radical (unpaired) electrons. The van der Waals surface area contributed by atoms with Crippen LogP contribution in [0.2, 0.25) is 0 Å². The van der Waals surface area contributed by atoms with Gasteiger partial charge in [0.05, 0.1) is 5.56 Å². The zero-order chi connectivity index (χ0) is 15.4. The van der Waals surface area contributed by atoms with Crippen molar-refractivity contribution in [3.63, 3.8) is 0 Å². The van der Waals surface area contributed by atoms with Crippen LogP contribution >= 0.6 is 0 Å². The van der Waals surface area contributed by atoms with E-state index in [-0.39, 0.29) is 11.9 Å². The van der Waals surface area contributed by atoms with Gasteiger partial charge in [-0.25, -0.2) is 0 Å². The van der Waals surface area contributed by atoms with Gasteiger partial charge >= 0.3 is 0 Å². The molecular formula is C18H22N2O. The largest absolute Gasteiger partial charge is 0.378 e. The molecule has 1 atom stereocenters. The second-order valence-corrected chi connectivity index (χ2v) is 5.52. The van der Waals surface area contributed by atoms with Gasteiger partial charge in [0.1, 0.15) is 0 Å². The van der Waals surface area contributed by atoms with Gasteiger partial charge < -0.3 is 10.2 Å². The molecule has 0 aliphatic heterocycles. The van der Waals surface area contributed by atoms with Crippen molar-refractivity contribution in [3.05, 3.63) is 65.2 Å². The standard InChI is InChI=1S/C18H22N2O/c1-13-9-11-15(12-10-13)14(2)19-17-8-6-5-7-16(17)18(21)20(3)4/h5-12,14,19H,1-4H3. The van der Waals surface area contributed by atoms with Crippen molar-refractivity contribution in [1.82, 2.24) is 4.90 Å². The predicted molar refractivity (Wildman–Crippen MR) is 87.7 cm³/mol. The molecule has 0 aromatic heterocycles. The zero-order valence-corrected chi connectivity index (χ0v) is 13.1. The molecule has 2 aromatic rings. The Bertz CT molecular complexity index is 617. The molecule has 110 valence electrons. The summed E-state index contributed by atoms with van der Waals surface area (Å²) in [7, 11) is 3.53. The Morgan fingerprint density at radius 3 is 2.29 bits per heavy atom. The molecule has 1 N–H and O–H groups in total. The molecule has 1 amide bonds. The number of rotatable bonds is 4. The summed E-state index contributed by atoms with van der Waals surface area (Å²) in [4.78, 5) is 13.8. The van der Waals surface area contributed by atoms with E-state index in [0.717, 1.165) is 5.69 Å². The van der Waals surface area contributed by atoms with E-state index >= 15 is 0 Å². The van der Waals surface area contributed by atoms with Crippen molar-refractivity contribution >= 4 is 11.6 Å². The van der Waals surface area contributed by atoms with Crippen LogP contribution in [0.5, 0.6) is 0 Å². The molecule has 21 heavy (non-hydrogen) atoms. The van der Waals surface area contributed by atoms with Gasteiger partial charge in [0.2, 0.25) is 0 Å². The van der Waals surface area contributed by atoms with E-state index in [1.54, 1.807) is 19.0 Å². The third kappa shape index (κ3) is 3.63. The number of benzene rings is 2. The Kier molecular flexibility index (Phi) is 4.63. The van der Waals surface area contributed by atoms with Crippen molar-refractivity contribution in [2.45, 2.75) is 19.9 Å². The lowest BCUT2D eigenvalue weighted by Crippen LogP contribution is -2.23. The molecule has 0 fully saturated rings. The molecule has 2 aromatic carbocycles. The molecule has 0 aliphatic carbocycles. The smallest absolute Gasteiger partial charge is 0.255 e. The van der Waals surface area contributed by atoms with E-state index in [9.17, 15) is 4.79 Å². The molecule has 3 heteroatoms. The molecule has 0 bridgehead atoms. The summed E-state index contributed by atoms with van der Waals surface area (Å²) < 4.78 is 0. The Morgan fingerprint density at radius 2 is 1.67 bits per heavy atom. The number of amides is 1. The van der Waals surface area contributed by atoms with Crippen molar-refractivity contribution in [1.29, 1.82) is 0 Å². The summed E-state index contributed by atoms with van der Waals surface area (Å²) in [6, 6.07) is 16.2. The number of aryl methyl sites for hydroxylation is 1. The van der Waals surface area contributed by atoms with Crippen LogP contribution in [0.4, 0.5) is 5.69 Å². The summed E-state index contributed by atoms with van der Waals surface area (Å²) in [6.45, 7) is 4.18. The number of nitrogens with one attached hydrogen (secondary N) is 1. The Balaban J connectivity index is 2.23. The van der Waals surface area contributed by atoms with E-state index in [1.807, 2.05) is 24.3 Å². The third-order valence-corrected chi connectivity index (χ3v) is 3.51. The highest BCUT2D eigenvalue weighted by Gasteiger charge is 2.14. The fourth-order valence-electron chi connectivity index (χ4n) is 2.21. The van der Waals surface area contributed by atoms with Crippen molar-refractivity contribution in [3.8, 4) is 0 Å². The highest BCUT2D eigenvalue weighted by Crippen LogP contribution is 2.23. The maximum atomic E-state index is 12.2. The van der Waals surface area contributed by atoms with Crippen molar-refractivity contribution in [2.24, 2.45) is 0 Å². The van der Waals surface area contributed by atoms with Crippen LogP contribution in [0.3, 0.4) is 0 Å². The van der Waals surface area contributed by atoms with Crippen LogP contribution in [-0.4, -0.2) is 24.9 Å². The number of carbonyl (C=O) groups is 1. The Morgan fingerprint density at radius 1 is 1.05 bits per heavy atom. The lowest BCUT2D eigenvalue weighted by molar-refractivity contribution is 0.0828. The number of hydrogen-bond donors (Lipinski definition) is 1.